The van der Waals surface area contributed by atoms with Gasteiger partial charge >= 0.3 is 6.03 Å². The van der Waals surface area contributed by atoms with Gasteiger partial charge in [-0.25, -0.2) is 4.79 Å². The summed E-state index contributed by atoms with van der Waals surface area (Å²) in [7, 11) is 0. The molecule has 1 aromatic carbocycles. The second-order valence-corrected chi connectivity index (χ2v) is 12.9. The van der Waals surface area contributed by atoms with Crippen molar-refractivity contribution >= 4 is 23.7 Å². The lowest BCUT2D eigenvalue weighted by Gasteiger charge is -2.57. The van der Waals surface area contributed by atoms with E-state index in [1.807, 2.05) is 34.9 Å². The molecule has 4 saturated carbocycles. The van der Waals surface area contributed by atoms with Crippen LogP contribution in [0.2, 0.25) is 0 Å². The molecule has 0 unspecified atom stereocenters. The number of carbonyl (C=O) groups is 2. The maximum absolute atomic E-state index is 13.3. The molecule has 2 saturated heterocycles. The van der Waals surface area contributed by atoms with Gasteiger partial charge in [0.15, 0.2) is 0 Å². The zero-order valence-electron chi connectivity index (χ0n) is 19.6. The van der Waals surface area contributed by atoms with E-state index in [1.165, 1.54) is 44.1 Å². The van der Waals surface area contributed by atoms with Crippen molar-refractivity contribution in [3.63, 3.8) is 0 Å². The lowest BCUT2D eigenvalue weighted by molar-refractivity contribution is -0.134. The summed E-state index contributed by atoms with van der Waals surface area (Å²) in [5.41, 5.74) is 1.30. The number of benzene rings is 1. The quantitative estimate of drug-likeness (QED) is 0.700. The number of thioether (sulfide) groups is 1. The Kier molecular flexibility index (Phi) is 5.63. The molecule has 4 bridgehead atoms. The molecular formula is C27H37N3O2S. The maximum atomic E-state index is 13.3. The molecule has 6 fully saturated rings. The summed E-state index contributed by atoms with van der Waals surface area (Å²) in [6.07, 6.45) is 10.9. The van der Waals surface area contributed by atoms with Crippen LogP contribution in [0.1, 0.15) is 63.4 Å². The van der Waals surface area contributed by atoms with Crippen LogP contribution in [0.15, 0.2) is 30.3 Å². The molecule has 4 aliphatic carbocycles. The van der Waals surface area contributed by atoms with Gasteiger partial charge in [-0.05, 0) is 81.1 Å². The van der Waals surface area contributed by atoms with E-state index in [1.54, 1.807) is 0 Å². The second-order valence-electron chi connectivity index (χ2n) is 11.4. The Labute approximate surface area is 202 Å². The first-order chi connectivity index (χ1) is 16.0. The minimum Gasteiger partial charge on any atom is -0.333 e. The standard InChI is InChI=1S/C27H37N3O2S/c31-24(7-6-20-4-2-1-3-5-20)30-12-13-33-27(30)8-10-29(11-9-27)25(32)28-26-17-21-14-22(18-26)16-23(15-21)19-26/h1-5,21-23H,6-19H2,(H,28,32). The molecule has 2 aliphatic heterocycles. The van der Waals surface area contributed by atoms with Crippen molar-refractivity contribution in [3.8, 4) is 0 Å². The summed E-state index contributed by atoms with van der Waals surface area (Å²) < 4.78 is 0. The predicted molar refractivity (Wildman–Crippen MR) is 132 cm³/mol. The van der Waals surface area contributed by atoms with Gasteiger partial charge in [-0.1, -0.05) is 30.3 Å². The van der Waals surface area contributed by atoms with Crippen LogP contribution >= 0.6 is 11.8 Å². The van der Waals surface area contributed by atoms with Crippen LogP contribution < -0.4 is 5.32 Å². The SMILES string of the molecule is O=C(NC12CC3CC(CC(C3)C1)C2)N1CCC2(CC1)SCCN2C(=O)CCc1ccccc1. The number of hydrogen-bond acceptors (Lipinski definition) is 3. The topological polar surface area (TPSA) is 52.7 Å². The van der Waals surface area contributed by atoms with Gasteiger partial charge in [-0.3, -0.25) is 4.79 Å². The zero-order chi connectivity index (χ0) is 22.5. The molecule has 1 aromatic rings. The van der Waals surface area contributed by atoms with Crippen LogP contribution in [-0.2, 0) is 11.2 Å². The lowest BCUT2D eigenvalue weighted by Crippen LogP contribution is -2.63. The third-order valence-electron chi connectivity index (χ3n) is 9.19. The van der Waals surface area contributed by atoms with Crippen molar-refractivity contribution in [2.45, 2.75) is 74.6 Å². The first-order valence-electron chi connectivity index (χ1n) is 13.1. The van der Waals surface area contributed by atoms with E-state index in [0.29, 0.717) is 6.42 Å². The van der Waals surface area contributed by atoms with Gasteiger partial charge in [-0.15, -0.1) is 11.8 Å². The van der Waals surface area contributed by atoms with Gasteiger partial charge < -0.3 is 15.1 Å². The number of nitrogens with one attached hydrogen (secondary N) is 1. The highest BCUT2D eigenvalue weighted by Crippen LogP contribution is 2.55. The van der Waals surface area contributed by atoms with E-state index in [0.717, 1.165) is 62.4 Å². The third-order valence-corrected chi connectivity index (χ3v) is 10.7. The molecule has 33 heavy (non-hydrogen) atoms. The first-order valence-corrected chi connectivity index (χ1v) is 14.1. The van der Waals surface area contributed by atoms with E-state index in [-0.39, 0.29) is 22.3 Å². The number of nitrogens with zero attached hydrogens (tertiary/aromatic N) is 2. The molecule has 0 radical (unpaired) electrons. The van der Waals surface area contributed by atoms with Gasteiger partial charge in [0.1, 0.15) is 0 Å². The Hall–Kier alpha value is -1.69. The molecule has 5 nitrogen and oxygen atoms in total. The predicted octanol–water partition coefficient (Wildman–Crippen LogP) is 4.67. The molecule has 178 valence electrons. The van der Waals surface area contributed by atoms with Crippen LogP contribution in [0, 0.1) is 17.8 Å². The van der Waals surface area contributed by atoms with Crippen molar-refractivity contribution in [2.24, 2.45) is 17.8 Å². The van der Waals surface area contributed by atoms with Gasteiger partial charge in [0.2, 0.25) is 5.91 Å². The second kappa shape index (κ2) is 8.51. The summed E-state index contributed by atoms with van der Waals surface area (Å²) >= 11 is 1.94. The van der Waals surface area contributed by atoms with E-state index in [4.69, 9.17) is 0 Å². The molecule has 1 spiro atoms. The Bertz CT molecular complexity index is 861. The van der Waals surface area contributed by atoms with Crippen LogP contribution in [-0.4, -0.2) is 57.5 Å². The van der Waals surface area contributed by atoms with Crippen LogP contribution in [0.4, 0.5) is 4.79 Å². The van der Waals surface area contributed by atoms with Crippen LogP contribution in [0.25, 0.3) is 0 Å². The number of likely N-dealkylation sites (tertiary alicyclic amines) is 1. The number of aryl methyl sites for hydroxylation is 1. The fraction of sp³-hybridized carbons (Fsp3) is 0.704. The van der Waals surface area contributed by atoms with E-state index in [2.05, 4.69) is 22.3 Å². The molecule has 6 aliphatic rings. The van der Waals surface area contributed by atoms with Gasteiger partial charge in [0, 0.05) is 37.3 Å². The van der Waals surface area contributed by atoms with E-state index >= 15 is 0 Å². The molecule has 3 amide bonds. The monoisotopic (exact) mass is 467 g/mol. The fourth-order valence-electron chi connectivity index (χ4n) is 8.03. The molecule has 1 N–H and O–H groups in total. The van der Waals surface area contributed by atoms with Crippen molar-refractivity contribution in [3.05, 3.63) is 35.9 Å². The molecule has 6 heteroatoms. The summed E-state index contributed by atoms with van der Waals surface area (Å²) in [5, 5.41) is 3.55. The number of piperidine rings is 1. The summed E-state index contributed by atoms with van der Waals surface area (Å²) in [6, 6.07) is 10.4. The first kappa shape index (κ1) is 21.8. The molecular weight excluding hydrogens is 430 g/mol. The Morgan fingerprint density at radius 3 is 2.21 bits per heavy atom. The Morgan fingerprint density at radius 2 is 1.58 bits per heavy atom. The number of rotatable bonds is 4. The summed E-state index contributed by atoms with van der Waals surface area (Å²) in [4.78, 5) is 30.5. The third kappa shape index (κ3) is 4.17. The molecule has 0 aromatic heterocycles. The highest BCUT2D eigenvalue weighted by atomic mass is 32.2. The largest absolute Gasteiger partial charge is 0.333 e. The normalized spacial score (nSPS) is 34.1. The van der Waals surface area contributed by atoms with Gasteiger partial charge in [0.05, 0.1) is 4.87 Å². The minimum atomic E-state index is -0.106. The Morgan fingerprint density at radius 1 is 0.939 bits per heavy atom. The van der Waals surface area contributed by atoms with Gasteiger partial charge in [0.25, 0.3) is 0 Å². The minimum absolute atomic E-state index is 0.0719. The zero-order valence-corrected chi connectivity index (χ0v) is 20.5. The van der Waals surface area contributed by atoms with Crippen molar-refractivity contribution in [1.82, 2.24) is 15.1 Å². The van der Waals surface area contributed by atoms with Crippen LogP contribution in [0.5, 0.6) is 0 Å². The summed E-state index contributed by atoms with van der Waals surface area (Å²) in [5.74, 6) is 3.80. The maximum Gasteiger partial charge on any atom is 0.317 e. The highest BCUT2D eigenvalue weighted by molar-refractivity contribution is 8.00. The summed E-state index contributed by atoms with van der Waals surface area (Å²) in [6.45, 7) is 2.36. The average molecular weight is 468 g/mol. The highest BCUT2D eigenvalue weighted by Gasteiger charge is 2.52. The van der Waals surface area contributed by atoms with E-state index < -0.39 is 0 Å². The van der Waals surface area contributed by atoms with E-state index in [9.17, 15) is 9.59 Å². The molecule has 7 rings (SSSR count). The average Bonchev–Trinajstić information content (AvgIpc) is 3.20. The number of hydrogen-bond donors (Lipinski definition) is 1. The smallest absolute Gasteiger partial charge is 0.317 e. The van der Waals surface area contributed by atoms with Gasteiger partial charge in [-0.2, -0.15) is 0 Å². The molecule has 0 atom stereocenters. The van der Waals surface area contributed by atoms with Crippen molar-refractivity contribution < 1.29 is 9.59 Å². The Balaban J connectivity index is 1.05. The van der Waals surface area contributed by atoms with Crippen molar-refractivity contribution in [2.75, 3.05) is 25.4 Å². The lowest BCUT2D eigenvalue weighted by atomic mass is 9.53. The van der Waals surface area contributed by atoms with Crippen molar-refractivity contribution in [1.29, 1.82) is 0 Å². The van der Waals surface area contributed by atoms with Crippen LogP contribution in [0.3, 0.4) is 0 Å². The molecule has 2 heterocycles. The number of carbonyl (C=O) groups excluding carboxylic acids is 2. The fourth-order valence-corrected chi connectivity index (χ4v) is 9.51. The number of amides is 3. The number of urea groups is 1.